The SMILES string of the molecule is O=c1c2ccccc2n(Cc2cccc(Cl)c2)c(=O)n1-c1ccc(Cl)cc1. The Hall–Kier alpha value is -2.82. The van der Waals surface area contributed by atoms with Crippen LogP contribution in [0.1, 0.15) is 5.56 Å². The highest BCUT2D eigenvalue weighted by Crippen LogP contribution is 2.16. The van der Waals surface area contributed by atoms with E-state index in [4.69, 9.17) is 23.2 Å². The molecule has 134 valence electrons. The van der Waals surface area contributed by atoms with Gasteiger partial charge in [0.1, 0.15) is 0 Å². The maximum Gasteiger partial charge on any atom is 0.336 e. The standard InChI is InChI=1S/C21H14Cl2N2O2/c22-15-8-10-17(11-9-15)25-20(26)18-6-1-2-7-19(18)24(21(25)27)13-14-4-3-5-16(23)12-14/h1-12H,13H2. The number of para-hydroxylation sites is 1. The van der Waals surface area contributed by atoms with E-state index in [1.807, 2.05) is 18.2 Å². The molecule has 0 N–H and O–H groups in total. The van der Waals surface area contributed by atoms with Crippen LogP contribution >= 0.6 is 23.2 Å². The van der Waals surface area contributed by atoms with Gasteiger partial charge in [-0.2, -0.15) is 0 Å². The van der Waals surface area contributed by atoms with Crippen LogP contribution in [0.4, 0.5) is 0 Å². The first kappa shape index (κ1) is 17.6. The molecule has 4 aromatic rings. The predicted octanol–water partition coefficient (Wildman–Crippen LogP) is 4.51. The number of halogens is 2. The highest BCUT2D eigenvalue weighted by molar-refractivity contribution is 6.30. The highest BCUT2D eigenvalue weighted by atomic mass is 35.5. The molecule has 0 amide bonds. The number of benzene rings is 3. The average molecular weight is 397 g/mol. The maximum absolute atomic E-state index is 13.2. The first-order chi connectivity index (χ1) is 13.0. The Morgan fingerprint density at radius 1 is 0.778 bits per heavy atom. The van der Waals surface area contributed by atoms with Crippen molar-refractivity contribution in [2.75, 3.05) is 0 Å². The fraction of sp³-hybridized carbons (Fsp3) is 0.0476. The molecule has 0 atom stereocenters. The molecule has 0 fully saturated rings. The summed E-state index contributed by atoms with van der Waals surface area (Å²) in [7, 11) is 0. The van der Waals surface area contributed by atoms with Gasteiger partial charge in [0.15, 0.2) is 0 Å². The molecule has 1 aromatic heterocycles. The first-order valence-corrected chi connectivity index (χ1v) is 9.05. The molecule has 0 saturated carbocycles. The molecule has 0 spiro atoms. The Morgan fingerprint density at radius 2 is 1.52 bits per heavy atom. The van der Waals surface area contributed by atoms with Gasteiger partial charge >= 0.3 is 5.69 Å². The average Bonchev–Trinajstić information content (AvgIpc) is 2.67. The third kappa shape index (κ3) is 3.29. The van der Waals surface area contributed by atoms with E-state index < -0.39 is 5.69 Å². The molecular weight excluding hydrogens is 383 g/mol. The number of rotatable bonds is 3. The summed E-state index contributed by atoms with van der Waals surface area (Å²) in [6, 6.07) is 21.0. The van der Waals surface area contributed by atoms with Crippen LogP contribution in [-0.4, -0.2) is 9.13 Å². The van der Waals surface area contributed by atoms with Crippen LogP contribution in [0.25, 0.3) is 16.6 Å². The molecule has 0 saturated heterocycles. The Kier molecular flexibility index (Phi) is 4.60. The summed E-state index contributed by atoms with van der Waals surface area (Å²) in [5, 5.41) is 1.59. The van der Waals surface area contributed by atoms with Crippen LogP contribution in [0.2, 0.25) is 10.0 Å². The van der Waals surface area contributed by atoms with Gasteiger partial charge in [0, 0.05) is 10.0 Å². The Labute approximate surface area is 164 Å². The van der Waals surface area contributed by atoms with Gasteiger partial charge in [0.2, 0.25) is 0 Å². The molecule has 0 bridgehead atoms. The maximum atomic E-state index is 13.2. The number of fused-ring (bicyclic) bond motifs is 1. The topological polar surface area (TPSA) is 44.0 Å². The molecule has 1 heterocycles. The molecule has 0 radical (unpaired) electrons. The summed E-state index contributed by atoms with van der Waals surface area (Å²) in [4.78, 5) is 26.2. The lowest BCUT2D eigenvalue weighted by Crippen LogP contribution is -2.39. The monoisotopic (exact) mass is 396 g/mol. The molecule has 4 nitrogen and oxygen atoms in total. The van der Waals surface area contributed by atoms with E-state index in [0.717, 1.165) is 5.56 Å². The quantitative estimate of drug-likeness (QED) is 0.511. The van der Waals surface area contributed by atoms with Gasteiger partial charge in [-0.3, -0.25) is 9.36 Å². The van der Waals surface area contributed by atoms with Gasteiger partial charge < -0.3 is 0 Å². The minimum atomic E-state index is -0.416. The van der Waals surface area contributed by atoms with Gasteiger partial charge in [-0.25, -0.2) is 9.36 Å². The third-order valence-electron chi connectivity index (χ3n) is 4.37. The molecule has 27 heavy (non-hydrogen) atoms. The van der Waals surface area contributed by atoms with Crippen molar-refractivity contribution < 1.29 is 0 Å². The van der Waals surface area contributed by atoms with Gasteiger partial charge in [0.25, 0.3) is 5.56 Å². The summed E-state index contributed by atoms with van der Waals surface area (Å²) < 4.78 is 2.75. The van der Waals surface area contributed by atoms with E-state index in [2.05, 4.69) is 0 Å². The third-order valence-corrected chi connectivity index (χ3v) is 4.85. The van der Waals surface area contributed by atoms with Gasteiger partial charge in [-0.05, 0) is 54.1 Å². The molecule has 0 aliphatic carbocycles. The number of nitrogens with zero attached hydrogens (tertiary/aromatic N) is 2. The van der Waals surface area contributed by atoms with E-state index in [0.29, 0.717) is 33.2 Å². The smallest absolute Gasteiger partial charge is 0.288 e. The number of hydrogen-bond acceptors (Lipinski definition) is 2. The highest BCUT2D eigenvalue weighted by Gasteiger charge is 2.14. The fourth-order valence-corrected chi connectivity index (χ4v) is 3.45. The summed E-state index contributed by atoms with van der Waals surface area (Å²) in [6.07, 6.45) is 0. The van der Waals surface area contributed by atoms with Crippen LogP contribution in [-0.2, 0) is 6.54 Å². The summed E-state index contributed by atoms with van der Waals surface area (Å²) in [5.74, 6) is 0. The lowest BCUT2D eigenvalue weighted by atomic mass is 10.2. The molecule has 6 heteroatoms. The van der Waals surface area contributed by atoms with Crippen molar-refractivity contribution in [2.45, 2.75) is 6.54 Å². The lowest BCUT2D eigenvalue weighted by Gasteiger charge is -2.14. The normalized spacial score (nSPS) is 11.0. The zero-order valence-corrected chi connectivity index (χ0v) is 15.6. The van der Waals surface area contributed by atoms with Crippen LogP contribution in [0, 0.1) is 0 Å². The van der Waals surface area contributed by atoms with E-state index in [-0.39, 0.29) is 5.56 Å². The van der Waals surface area contributed by atoms with Crippen molar-refractivity contribution in [3.8, 4) is 5.69 Å². The van der Waals surface area contributed by atoms with Gasteiger partial charge in [0.05, 0.1) is 23.1 Å². The molecule has 0 aliphatic heterocycles. The van der Waals surface area contributed by atoms with Crippen molar-refractivity contribution in [3.05, 3.63) is 109 Å². The molecule has 0 unspecified atom stereocenters. The van der Waals surface area contributed by atoms with E-state index in [1.54, 1.807) is 59.2 Å². The minimum Gasteiger partial charge on any atom is -0.288 e. The first-order valence-electron chi connectivity index (χ1n) is 8.29. The van der Waals surface area contributed by atoms with Gasteiger partial charge in [-0.1, -0.05) is 47.5 Å². The van der Waals surface area contributed by atoms with Crippen LogP contribution in [0.15, 0.2) is 82.4 Å². The second-order valence-electron chi connectivity index (χ2n) is 6.13. The number of hydrogen-bond donors (Lipinski definition) is 0. The second-order valence-corrected chi connectivity index (χ2v) is 7.01. The summed E-state index contributed by atoms with van der Waals surface area (Å²) >= 11 is 12.0. The molecule has 3 aromatic carbocycles. The van der Waals surface area contributed by atoms with Crippen LogP contribution in [0.5, 0.6) is 0 Å². The second kappa shape index (κ2) is 7.06. The van der Waals surface area contributed by atoms with Crippen molar-refractivity contribution in [1.29, 1.82) is 0 Å². The fourth-order valence-electron chi connectivity index (χ4n) is 3.11. The molecule has 4 rings (SSSR count). The minimum absolute atomic E-state index is 0.299. The lowest BCUT2D eigenvalue weighted by molar-refractivity contribution is 0.714. The zero-order valence-electron chi connectivity index (χ0n) is 14.1. The van der Waals surface area contributed by atoms with E-state index in [9.17, 15) is 9.59 Å². The summed E-state index contributed by atoms with van der Waals surface area (Å²) in [5.41, 5.74) is 1.15. The van der Waals surface area contributed by atoms with Crippen LogP contribution in [0.3, 0.4) is 0 Å². The van der Waals surface area contributed by atoms with Crippen molar-refractivity contribution in [1.82, 2.24) is 9.13 Å². The summed E-state index contributed by atoms with van der Waals surface area (Å²) in [6.45, 7) is 0.299. The van der Waals surface area contributed by atoms with Crippen molar-refractivity contribution >= 4 is 34.1 Å². The van der Waals surface area contributed by atoms with Crippen LogP contribution < -0.4 is 11.2 Å². The number of aromatic nitrogens is 2. The Bertz CT molecular complexity index is 1260. The Morgan fingerprint density at radius 3 is 2.26 bits per heavy atom. The largest absolute Gasteiger partial charge is 0.336 e. The van der Waals surface area contributed by atoms with E-state index in [1.165, 1.54) is 4.57 Å². The molecular formula is C21H14Cl2N2O2. The molecule has 0 aliphatic rings. The van der Waals surface area contributed by atoms with E-state index >= 15 is 0 Å². The van der Waals surface area contributed by atoms with Crippen molar-refractivity contribution in [2.24, 2.45) is 0 Å². The zero-order chi connectivity index (χ0) is 19.0. The Balaban J connectivity index is 2.01. The predicted molar refractivity (Wildman–Crippen MR) is 109 cm³/mol. The van der Waals surface area contributed by atoms with Gasteiger partial charge in [-0.15, -0.1) is 0 Å². The van der Waals surface area contributed by atoms with Crippen molar-refractivity contribution in [3.63, 3.8) is 0 Å².